The molecule has 1 radical (unpaired) electrons. The van der Waals surface area contributed by atoms with E-state index in [9.17, 15) is 22.4 Å². The van der Waals surface area contributed by atoms with E-state index < -0.39 is 23.5 Å². The molecule has 0 saturated carbocycles. The highest BCUT2D eigenvalue weighted by molar-refractivity contribution is 6.30. The lowest BCUT2D eigenvalue weighted by Gasteiger charge is -2.15. The van der Waals surface area contributed by atoms with Crippen molar-refractivity contribution in [3.8, 4) is 11.1 Å². The number of benzene rings is 4. The molecule has 0 unspecified atom stereocenters. The average Bonchev–Trinajstić information content (AvgIpc) is 3.13. The number of carbonyl (C=O) groups is 1. The molecule has 4 aromatic carbocycles. The fraction of sp³-hybridized carbons (Fsp3) is 0.0741. The molecule has 3 nitrogen and oxygen atoms in total. The molecule has 0 saturated heterocycles. The third kappa shape index (κ3) is 4.12. The van der Waals surface area contributed by atoms with E-state index in [0.717, 1.165) is 23.3 Å². The molecule has 2 N–H and O–H groups in total. The lowest BCUT2D eigenvalue weighted by molar-refractivity contribution is -0.138. The number of carbonyl (C=O) groups excluding carboxylic acids is 1. The van der Waals surface area contributed by atoms with E-state index in [1.165, 1.54) is 0 Å². The van der Waals surface area contributed by atoms with Gasteiger partial charge in [-0.25, -0.2) is 4.39 Å². The first-order valence-electron chi connectivity index (χ1n) is 10.5. The molecule has 5 rings (SSSR count). The molecule has 0 bridgehead atoms. The Morgan fingerprint density at radius 1 is 0.971 bits per heavy atom. The highest BCUT2D eigenvalue weighted by atomic mass is 35.5. The summed E-state index contributed by atoms with van der Waals surface area (Å²) in [6.07, 6.45) is -4.74. The van der Waals surface area contributed by atoms with Crippen molar-refractivity contribution < 1.29 is 22.4 Å². The molecule has 1 aromatic heterocycles. The van der Waals surface area contributed by atoms with Gasteiger partial charge in [0.05, 0.1) is 16.6 Å². The van der Waals surface area contributed by atoms with Gasteiger partial charge in [-0.05, 0) is 71.3 Å². The van der Waals surface area contributed by atoms with Gasteiger partial charge in [0.1, 0.15) is 5.82 Å². The van der Waals surface area contributed by atoms with E-state index in [1.54, 1.807) is 41.0 Å². The largest absolute Gasteiger partial charge is 0.416 e. The van der Waals surface area contributed by atoms with E-state index >= 15 is 0 Å². The highest BCUT2D eigenvalue weighted by Gasteiger charge is 2.34. The zero-order valence-corrected chi connectivity index (χ0v) is 18.7. The Bertz CT molecular complexity index is 1600. The van der Waals surface area contributed by atoms with Crippen LogP contribution < -0.4 is 5.73 Å². The summed E-state index contributed by atoms with van der Waals surface area (Å²) in [5.74, 6) is -1.64. The number of aromatic nitrogens is 1. The van der Waals surface area contributed by atoms with E-state index in [0.29, 0.717) is 32.9 Å². The van der Waals surface area contributed by atoms with Gasteiger partial charge in [0.25, 0.3) is 0 Å². The van der Waals surface area contributed by atoms with Crippen molar-refractivity contribution in [3.63, 3.8) is 0 Å². The molecule has 0 spiro atoms. The number of nitrogens with zero attached hydrogens (tertiary/aromatic N) is 1. The molecular formula is C27H16ClF4N2O. The lowest BCUT2D eigenvalue weighted by Crippen LogP contribution is -2.13. The SMILES string of the molecule is NC(=O)c1cccc2c1c1[c]cc(-c3ccc(Cl)cc3)cc1n2Cc1ccc(F)cc1C(F)(F)F. The molecule has 1 heterocycles. The van der Waals surface area contributed by atoms with Crippen molar-refractivity contribution in [2.75, 3.05) is 0 Å². The Kier molecular flexibility index (Phi) is 5.52. The summed E-state index contributed by atoms with van der Waals surface area (Å²) in [7, 11) is 0. The summed E-state index contributed by atoms with van der Waals surface area (Å²) in [5, 5.41) is 1.60. The number of fused-ring (bicyclic) bond motifs is 3. The van der Waals surface area contributed by atoms with Gasteiger partial charge in [0.15, 0.2) is 0 Å². The summed E-state index contributed by atoms with van der Waals surface area (Å²) in [4.78, 5) is 12.2. The molecular weight excluding hydrogens is 480 g/mol. The van der Waals surface area contributed by atoms with Gasteiger partial charge < -0.3 is 10.3 Å². The van der Waals surface area contributed by atoms with Crippen LogP contribution in [-0.4, -0.2) is 10.5 Å². The van der Waals surface area contributed by atoms with Crippen molar-refractivity contribution in [2.24, 2.45) is 5.73 Å². The maximum Gasteiger partial charge on any atom is 0.416 e. The predicted octanol–water partition coefficient (Wildman–Crippen LogP) is 7.22. The standard InChI is InChI=1S/C27H16ClF4N2O/c28-18-8-4-15(5-9-18)16-7-11-20-24(12-16)34(23-3-1-2-21(25(20)23)26(33)35)14-17-6-10-19(29)13-22(17)27(30,31)32/h1-10,12-13H,14H2,(H2,33,35). The Morgan fingerprint density at radius 2 is 1.71 bits per heavy atom. The number of rotatable bonds is 4. The Morgan fingerprint density at radius 3 is 2.40 bits per heavy atom. The number of alkyl halides is 3. The average molecular weight is 496 g/mol. The van der Waals surface area contributed by atoms with Gasteiger partial charge in [-0.1, -0.05) is 35.9 Å². The Balaban J connectivity index is 1.80. The monoisotopic (exact) mass is 495 g/mol. The number of halogens is 5. The first-order chi connectivity index (χ1) is 16.6. The van der Waals surface area contributed by atoms with Crippen LogP contribution in [0, 0.1) is 11.9 Å². The first kappa shape index (κ1) is 22.9. The third-order valence-electron chi connectivity index (χ3n) is 5.94. The number of hydrogen-bond donors (Lipinski definition) is 1. The van der Waals surface area contributed by atoms with Crippen LogP contribution in [0.1, 0.15) is 21.5 Å². The topological polar surface area (TPSA) is 48.0 Å². The van der Waals surface area contributed by atoms with E-state index in [1.807, 2.05) is 18.2 Å². The lowest BCUT2D eigenvalue weighted by atomic mass is 10.0. The van der Waals surface area contributed by atoms with Crippen LogP contribution >= 0.6 is 11.6 Å². The molecule has 1 amide bonds. The van der Waals surface area contributed by atoms with Crippen molar-refractivity contribution in [2.45, 2.75) is 12.7 Å². The molecule has 35 heavy (non-hydrogen) atoms. The minimum absolute atomic E-state index is 0.112. The summed E-state index contributed by atoms with van der Waals surface area (Å²) >= 11 is 6.00. The van der Waals surface area contributed by atoms with Crippen molar-refractivity contribution in [1.82, 2.24) is 4.57 Å². The minimum Gasteiger partial charge on any atom is -0.366 e. The number of amides is 1. The van der Waals surface area contributed by atoms with Crippen LogP contribution in [0.2, 0.25) is 5.02 Å². The maximum atomic E-state index is 13.7. The van der Waals surface area contributed by atoms with Gasteiger partial charge in [-0.15, -0.1) is 0 Å². The van der Waals surface area contributed by atoms with Crippen LogP contribution in [0.4, 0.5) is 17.6 Å². The zero-order valence-electron chi connectivity index (χ0n) is 18.0. The fourth-order valence-electron chi connectivity index (χ4n) is 4.36. The molecule has 0 fully saturated rings. The normalized spacial score (nSPS) is 11.9. The fourth-order valence-corrected chi connectivity index (χ4v) is 4.49. The van der Waals surface area contributed by atoms with Crippen molar-refractivity contribution in [3.05, 3.63) is 106 Å². The second-order valence-electron chi connectivity index (χ2n) is 8.10. The molecule has 175 valence electrons. The summed E-state index contributed by atoms with van der Waals surface area (Å²) < 4.78 is 56.5. The van der Waals surface area contributed by atoms with Crippen molar-refractivity contribution >= 4 is 39.3 Å². The third-order valence-corrected chi connectivity index (χ3v) is 6.20. The molecule has 5 aromatic rings. The molecule has 0 aliphatic rings. The zero-order chi connectivity index (χ0) is 24.9. The summed E-state index contributed by atoms with van der Waals surface area (Å²) in [6.45, 7) is -0.213. The maximum absolute atomic E-state index is 13.7. The Hall–Kier alpha value is -3.84. The van der Waals surface area contributed by atoms with E-state index in [2.05, 4.69) is 6.07 Å². The molecule has 0 atom stereocenters. The number of primary amides is 1. The predicted molar refractivity (Wildman–Crippen MR) is 128 cm³/mol. The molecule has 0 aliphatic carbocycles. The molecule has 0 aliphatic heterocycles. The quantitative estimate of drug-likeness (QED) is 0.263. The van der Waals surface area contributed by atoms with E-state index in [-0.39, 0.29) is 17.7 Å². The van der Waals surface area contributed by atoms with Gasteiger partial charge in [0.2, 0.25) is 5.91 Å². The number of hydrogen-bond acceptors (Lipinski definition) is 1. The second kappa shape index (κ2) is 8.43. The van der Waals surface area contributed by atoms with Crippen LogP contribution in [-0.2, 0) is 12.7 Å². The minimum atomic E-state index is -4.74. The van der Waals surface area contributed by atoms with E-state index in [4.69, 9.17) is 17.3 Å². The summed E-state index contributed by atoms with van der Waals surface area (Å²) in [5.41, 5.74) is 7.32. The van der Waals surface area contributed by atoms with Crippen LogP contribution in [0.3, 0.4) is 0 Å². The highest BCUT2D eigenvalue weighted by Crippen LogP contribution is 2.37. The van der Waals surface area contributed by atoms with Crippen LogP contribution in [0.5, 0.6) is 0 Å². The summed E-state index contributed by atoms with van der Waals surface area (Å²) in [6, 6.07) is 21.3. The first-order valence-corrected chi connectivity index (χ1v) is 10.9. The van der Waals surface area contributed by atoms with Crippen LogP contribution in [0.15, 0.2) is 72.8 Å². The van der Waals surface area contributed by atoms with Crippen LogP contribution in [0.25, 0.3) is 32.9 Å². The smallest absolute Gasteiger partial charge is 0.366 e. The Labute approximate surface area is 202 Å². The van der Waals surface area contributed by atoms with Gasteiger partial charge in [-0.2, -0.15) is 13.2 Å². The van der Waals surface area contributed by atoms with Gasteiger partial charge in [0, 0.05) is 27.9 Å². The number of nitrogens with two attached hydrogens (primary N) is 1. The van der Waals surface area contributed by atoms with Crippen molar-refractivity contribution in [1.29, 1.82) is 0 Å². The molecule has 8 heteroatoms. The second-order valence-corrected chi connectivity index (χ2v) is 8.54. The van der Waals surface area contributed by atoms with Gasteiger partial charge >= 0.3 is 6.18 Å². The van der Waals surface area contributed by atoms with Gasteiger partial charge in [-0.3, -0.25) is 4.79 Å².